The molecule has 0 aromatic heterocycles. The molecule has 0 aliphatic carbocycles. The summed E-state index contributed by atoms with van der Waals surface area (Å²) in [7, 11) is 0. The first-order valence-electron chi connectivity index (χ1n) is 11.3. The van der Waals surface area contributed by atoms with Crippen LogP contribution in [-0.2, 0) is 16.0 Å². The van der Waals surface area contributed by atoms with E-state index in [1.807, 2.05) is 18.2 Å². The van der Waals surface area contributed by atoms with Crippen LogP contribution in [0, 0.1) is 5.92 Å². The van der Waals surface area contributed by atoms with Crippen LogP contribution in [0.1, 0.15) is 31.2 Å². The number of aliphatic hydroxyl groups excluding tert-OH is 1. The molecule has 1 aromatic carbocycles. The number of β-amino-alcohol motifs (C(OH)–C–C–N with tert-alkyl or cyclic N) is 1. The Hall–Kier alpha value is -1.96. The molecule has 2 saturated heterocycles. The van der Waals surface area contributed by atoms with Gasteiger partial charge in [-0.15, -0.1) is 0 Å². The first-order chi connectivity index (χ1) is 14.7. The summed E-state index contributed by atoms with van der Waals surface area (Å²) in [5.74, 6) is 0.405. The van der Waals surface area contributed by atoms with Crippen molar-refractivity contribution in [2.75, 3.05) is 52.4 Å². The largest absolute Gasteiger partial charge is 0.395 e. The van der Waals surface area contributed by atoms with Crippen LogP contribution in [-0.4, -0.2) is 85.2 Å². The fourth-order valence-corrected chi connectivity index (χ4v) is 4.44. The Morgan fingerprint density at radius 1 is 1.13 bits per heavy atom. The summed E-state index contributed by atoms with van der Waals surface area (Å²) in [6.45, 7) is 5.82. The first kappa shape index (κ1) is 22.7. The minimum Gasteiger partial charge on any atom is -0.395 e. The summed E-state index contributed by atoms with van der Waals surface area (Å²) in [6, 6.07) is 10.00. The summed E-state index contributed by atoms with van der Waals surface area (Å²) in [5, 5.41) is 15.0. The Morgan fingerprint density at radius 2 is 1.90 bits per heavy atom. The topological polar surface area (TPSA) is 84.9 Å². The Balaban J connectivity index is 1.40. The van der Waals surface area contributed by atoms with Gasteiger partial charge in [-0.2, -0.15) is 0 Å². The van der Waals surface area contributed by atoms with E-state index < -0.39 is 0 Å². The minimum absolute atomic E-state index is 0.0339. The van der Waals surface area contributed by atoms with Gasteiger partial charge in [0.2, 0.25) is 11.8 Å². The Kier molecular flexibility index (Phi) is 9.11. The maximum Gasteiger partial charge on any atom is 0.237 e. The lowest BCUT2D eigenvalue weighted by atomic mass is 9.96. The van der Waals surface area contributed by atoms with Gasteiger partial charge in [-0.3, -0.25) is 14.5 Å². The number of hydrogen-bond donors (Lipinski definition) is 3. The molecule has 30 heavy (non-hydrogen) atoms. The molecule has 0 bridgehead atoms. The van der Waals surface area contributed by atoms with Crippen molar-refractivity contribution in [2.45, 2.75) is 38.1 Å². The van der Waals surface area contributed by atoms with E-state index in [1.54, 1.807) is 0 Å². The molecule has 2 amide bonds. The lowest BCUT2D eigenvalue weighted by Gasteiger charge is -2.35. The van der Waals surface area contributed by atoms with Gasteiger partial charge in [0, 0.05) is 26.2 Å². The van der Waals surface area contributed by atoms with Gasteiger partial charge >= 0.3 is 0 Å². The third-order valence-electron chi connectivity index (χ3n) is 6.29. The molecule has 1 aromatic rings. The van der Waals surface area contributed by atoms with Crippen LogP contribution in [0.15, 0.2) is 30.3 Å². The van der Waals surface area contributed by atoms with Gasteiger partial charge in [0.25, 0.3) is 0 Å². The van der Waals surface area contributed by atoms with Crippen molar-refractivity contribution in [3.63, 3.8) is 0 Å². The average Bonchev–Trinajstić information content (AvgIpc) is 2.76. The molecule has 0 saturated carbocycles. The van der Waals surface area contributed by atoms with Gasteiger partial charge in [0.05, 0.1) is 19.1 Å². The van der Waals surface area contributed by atoms with E-state index in [4.69, 9.17) is 5.11 Å². The third kappa shape index (κ3) is 7.07. The molecule has 2 aliphatic rings. The molecule has 7 nitrogen and oxygen atoms in total. The van der Waals surface area contributed by atoms with E-state index in [-0.39, 0.29) is 30.9 Å². The number of carbonyl (C=O) groups excluding carboxylic acids is 2. The van der Waals surface area contributed by atoms with Crippen LogP contribution in [0.3, 0.4) is 0 Å². The van der Waals surface area contributed by atoms with Crippen LogP contribution < -0.4 is 10.6 Å². The smallest absolute Gasteiger partial charge is 0.237 e. The number of amides is 2. The van der Waals surface area contributed by atoms with E-state index >= 15 is 0 Å². The highest BCUT2D eigenvalue weighted by Crippen LogP contribution is 2.16. The highest BCUT2D eigenvalue weighted by molar-refractivity contribution is 5.88. The molecule has 2 aliphatic heterocycles. The average molecular weight is 417 g/mol. The van der Waals surface area contributed by atoms with Crippen LogP contribution in [0.2, 0.25) is 0 Å². The molecule has 166 valence electrons. The lowest BCUT2D eigenvalue weighted by molar-refractivity contribution is -0.134. The summed E-state index contributed by atoms with van der Waals surface area (Å²) in [5.41, 5.74) is 1.30. The van der Waals surface area contributed by atoms with Crippen LogP contribution in [0.5, 0.6) is 0 Å². The third-order valence-corrected chi connectivity index (χ3v) is 6.29. The van der Waals surface area contributed by atoms with Crippen molar-refractivity contribution >= 4 is 11.8 Å². The van der Waals surface area contributed by atoms with Crippen molar-refractivity contribution in [3.05, 3.63) is 35.9 Å². The molecule has 1 atom stereocenters. The Morgan fingerprint density at radius 3 is 2.63 bits per heavy atom. The van der Waals surface area contributed by atoms with Crippen LogP contribution in [0.4, 0.5) is 0 Å². The van der Waals surface area contributed by atoms with E-state index in [9.17, 15) is 9.59 Å². The van der Waals surface area contributed by atoms with Crippen molar-refractivity contribution in [3.8, 4) is 0 Å². The van der Waals surface area contributed by atoms with E-state index in [2.05, 4.69) is 32.6 Å². The minimum atomic E-state index is -0.374. The number of nitrogens with one attached hydrogen (secondary N) is 2. The molecule has 0 radical (unpaired) electrons. The van der Waals surface area contributed by atoms with Crippen molar-refractivity contribution in [2.24, 2.45) is 5.92 Å². The van der Waals surface area contributed by atoms with Crippen molar-refractivity contribution in [1.29, 1.82) is 0 Å². The van der Waals surface area contributed by atoms with Gasteiger partial charge in [0.1, 0.15) is 0 Å². The summed E-state index contributed by atoms with van der Waals surface area (Å²) in [4.78, 5) is 29.4. The van der Waals surface area contributed by atoms with Crippen LogP contribution >= 0.6 is 0 Å². The molecule has 0 spiro atoms. The van der Waals surface area contributed by atoms with Gasteiger partial charge in [0.15, 0.2) is 0 Å². The fourth-order valence-electron chi connectivity index (χ4n) is 4.44. The van der Waals surface area contributed by atoms with Crippen LogP contribution in [0.25, 0.3) is 0 Å². The first-order valence-corrected chi connectivity index (χ1v) is 11.3. The zero-order valence-corrected chi connectivity index (χ0v) is 17.9. The van der Waals surface area contributed by atoms with Gasteiger partial charge in [-0.05, 0) is 56.8 Å². The number of nitrogens with zero attached hydrogens (tertiary/aromatic N) is 2. The zero-order chi connectivity index (χ0) is 21.2. The molecular weight excluding hydrogens is 380 g/mol. The molecule has 0 unspecified atom stereocenters. The van der Waals surface area contributed by atoms with Gasteiger partial charge in [-0.25, -0.2) is 0 Å². The molecular formula is C23H36N4O3. The predicted molar refractivity (Wildman–Crippen MR) is 117 cm³/mol. The maximum absolute atomic E-state index is 12.5. The molecule has 3 N–H and O–H groups in total. The highest BCUT2D eigenvalue weighted by Gasteiger charge is 2.31. The predicted octanol–water partition coefficient (Wildman–Crippen LogP) is 0.630. The normalized spacial score (nSPS) is 21.4. The number of piperazine rings is 1. The standard InChI is InChI=1S/C23H36N4O3/c28-16-15-26-12-8-20(9-13-26)18-25-22(29)17-21-23(30)24-10-14-27(21)11-4-7-19-5-2-1-3-6-19/h1-3,5-6,20-21,28H,4,7-18H2,(H,24,30)(H,25,29)/t21-/m1/s1. The zero-order valence-electron chi connectivity index (χ0n) is 17.9. The molecule has 3 rings (SSSR count). The molecule has 2 heterocycles. The Bertz CT molecular complexity index is 662. The number of rotatable bonds is 10. The number of benzene rings is 1. The maximum atomic E-state index is 12.5. The van der Waals surface area contributed by atoms with Crippen molar-refractivity contribution in [1.82, 2.24) is 20.4 Å². The monoisotopic (exact) mass is 416 g/mol. The molecule has 7 heteroatoms. The van der Waals surface area contributed by atoms with E-state index in [1.165, 1.54) is 5.56 Å². The van der Waals surface area contributed by atoms with Gasteiger partial charge < -0.3 is 20.6 Å². The van der Waals surface area contributed by atoms with Gasteiger partial charge in [-0.1, -0.05) is 30.3 Å². The summed E-state index contributed by atoms with van der Waals surface area (Å²) >= 11 is 0. The fraction of sp³-hybridized carbons (Fsp3) is 0.652. The number of aliphatic hydroxyl groups is 1. The number of hydrogen-bond acceptors (Lipinski definition) is 5. The Labute approximate surface area is 179 Å². The second-order valence-electron chi connectivity index (χ2n) is 8.45. The van der Waals surface area contributed by atoms with E-state index in [0.717, 1.165) is 58.4 Å². The quantitative estimate of drug-likeness (QED) is 0.521. The highest BCUT2D eigenvalue weighted by atomic mass is 16.3. The summed E-state index contributed by atoms with van der Waals surface area (Å²) in [6.07, 6.45) is 4.25. The summed E-state index contributed by atoms with van der Waals surface area (Å²) < 4.78 is 0. The number of likely N-dealkylation sites (tertiary alicyclic amines) is 1. The molecule has 2 fully saturated rings. The lowest BCUT2D eigenvalue weighted by Crippen LogP contribution is -2.56. The number of aryl methyl sites for hydroxylation is 1. The second kappa shape index (κ2) is 12.0. The SMILES string of the molecule is O=C(C[C@@H]1C(=O)NCCN1CCCc1ccccc1)NCC1CCN(CCO)CC1. The number of piperidine rings is 1. The number of carbonyl (C=O) groups is 2. The van der Waals surface area contributed by atoms with E-state index in [0.29, 0.717) is 19.0 Å². The second-order valence-corrected chi connectivity index (χ2v) is 8.45. The van der Waals surface area contributed by atoms with Crippen molar-refractivity contribution < 1.29 is 14.7 Å².